The van der Waals surface area contributed by atoms with Crippen molar-refractivity contribution in [1.29, 1.82) is 0 Å². The van der Waals surface area contributed by atoms with Gasteiger partial charge in [0.05, 0.1) is 10.6 Å². The summed E-state index contributed by atoms with van der Waals surface area (Å²) >= 11 is 6.05. The van der Waals surface area contributed by atoms with Gasteiger partial charge in [0, 0.05) is 24.0 Å². The largest absolute Gasteiger partial charge is 0.264 e. The van der Waals surface area contributed by atoms with Gasteiger partial charge in [-0.05, 0) is 35.4 Å². The predicted octanol–water partition coefficient (Wildman–Crippen LogP) is 3.37. The summed E-state index contributed by atoms with van der Waals surface area (Å²) in [6.07, 6.45) is 2.95. The summed E-state index contributed by atoms with van der Waals surface area (Å²) in [5.41, 5.74) is 0.835. The maximum Gasteiger partial charge on any atom is 0.215 e. The van der Waals surface area contributed by atoms with Crippen LogP contribution in [0.5, 0.6) is 0 Å². The Morgan fingerprint density at radius 3 is 2.24 bits per heavy atom. The van der Waals surface area contributed by atoms with E-state index in [0.717, 1.165) is 0 Å². The van der Waals surface area contributed by atoms with Gasteiger partial charge in [0.15, 0.2) is 9.84 Å². The lowest BCUT2D eigenvalue weighted by Gasteiger charge is -2.19. The second-order valence-corrected chi connectivity index (χ2v) is 10.7. The monoisotopic (exact) mass is 450 g/mol. The van der Waals surface area contributed by atoms with E-state index in [9.17, 15) is 16.8 Å². The summed E-state index contributed by atoms with van der Waals surface area (Å²) in [4.78, 5) is 4.09. The molecule has 29 heavy (non-hydrogen) atoms. The second-order valence-electron chi connectivity index (χ2n) is 6.33. The topological polar surface area (TPSA) is 93.2 Å². The number of aromatic nitrogens is 1. The molecule has 1 aromatic heterocycles. The van der Waals surface area contributed by atoms with Gasteiger partial charge in [-0.25, -0.2) is 21.6 Å². The van der Waals surface area contributed by atoms with E-state index in [-0.39, 0.29) is 17.2 Å². The van der Waals surface area contributed by atoms with Crippen molar-refractivity contribution in [3.05, 3.63) is 95.3 Å². The maximum atomic E-state index is 13.2. The molecular weight excluding hydrogens is 432 g/mol. The molecule has 0 spiro atoms. The number of halogens is 1. The van der Waals surface area contributed by atoms with Gasteiger partial charge < -0.3 is 0 Å². The number of hydrogen-bond donors (Lipinski definition) is 1. The molecule has 0 aliphatic carbocycles. The second kappa shape index (κ2) is 9.04. The van der Waals surface area contributed by atoms with Crippen molar-refractivity contribution >= 4 is 31.5 Å². The number of sulfonamides is 1. The first kappa shape index (κ1) is 21.4. The Bertz CT molecular complexity index is 1170. The van der Waals surface area contributed by atoms with Gasteiger partial charge >= 0.3 is 0 Å². The molecule has 0 radical (unpaired) electrons. The summed E-state index contributed by atoms with van der Waals surface area (Å²) in [5, 5.41) is -0.793. The van der Waals surface area contributed by atoms with Crippen molar-refractivity contribution < 1.29 is 16.8 Å². The van der Waals surface area contributed by atoms with Crippen molar-refractivity contribution in [2.75, 3.05) is 6.54 Å². The van der Waals surface area contributed by atoms with Gasteiger partial charge in [-0.3, -0.25) is 4.98 Å². The van der Waals surface area contributed by atoms with Crippen molar-refractivity contribution in [3.63, 3.8) is 0 Å². The molecule has 3 aromatic rings. The number of pyridine rings is 1. The highest BCUT2D eigenvalue weighted by Gasteiger charge is 2.30. The number of sulfone groups is 1. The Balaban J connectivity index is 1.88. The third kappa shape index (κ3) is 5.42. The normalized spacial score (nSPS) is 13.1. The van der Waals surface area contributed by atoms with Crippen molar-refractivity contribution in [1.82, 2.24) is 9.71 Å². The summed E-state index contributed by atoms with van der Waals surface area (Å²) < 4.78 is 53.9. The zero-order chi connectivity index (χ0) is 20.9. The SMILES string of the molecule is O=S(=O)(Cc1ccccc1Cl)NCC(c1cccnc1)S(=O)(=O)c1ccccc1. The van der Waals surface area contributed by atoms with Gasteiger partial charge in [-0.15, -0.1) is 0 Å². The first-order valence-corrected chi connectivity index (χ1v) is 12.3. The van der Waals surface area contributed by atoms with Crippen molar-refractivity contribution in [2.24, 2.45) is 0 Å². The average Bonchev–Trinajstić information content (AvgIpc) is 2.71. The van der Waals surface area contributed by atoms with Gasteiger partial charge in [-0.2, -0.15) is 0 Å². The van der Waals surface area contributed by atoms with Crippen LogP contribution in [0, 0.1) is 0 Å². The molecule has 1 unspecified atom stereocenters. The zero-order valence-corrected chi connectivity index (χ0v) is 17.7. The van der Waals surface area contributed by atoms with Crippen LogP contribution in [0.4, 0.5) is 0 Å². The van der Waals surface area contributed by atoms with Crippen molar-refractivity contribution in [2.45, 2.75) is 15.9 Å². The molecule has 0 fully saturated rings. The molecule has 1 N–H and O–H groups in total. The van der Waals surface area contributed by atoms with Gasteiger partial charge in [0.25, 0.3) is 0 Å². The van der Waals surface area contributed by atoms with Crippen LogP contribution < -0.4 is 4.72 Å². The van der Waals surface area contributed by atoms with E-state index >= 15 is 0 Å². The fourth-order valence-electron chi connectivity index (χ4n) is 2.82. The van der Waals surface area contributed by atoms with E-state index in [1.807, 2.05) is 0 Å². The zero-order valence-electron chi connectivity index (χ0n) is 15.3. The van der Waals surface area contributed by atoms with Crippen LogP contribution in [-0.2, 0) is 25.6 Å². The molecular formula is C20H19ClN2O4S2. The minimum absolute atomic E-state index is 0.110. The van der Waals surface area contributed by atoms with E-state index in [2.05, 4.69) is 9.71 Å². The molecule has 0 aliphatic heterocycles. The third-order valence-corrected chi connectivity index (χ3v) is 8.08. The number of nitrogens with zero attached hydrogens (tertiary/aromatic N) is 1. The fourth-order valence-corrected chi connectivity index (χ4v) is 6.06. The summed E-state index contributed by atoms with van der Waals surface area (Å²) in [6, 6.07) is 17.8. The van der Waals surface area contributed by atoms with E-state index in [4.69, 9.17) is 11.6 Å². The predicted molar refractivity (Wildman–Crippen MR) is 113 cm³/mol. The van der Waals surface area contributed by atoms with Crippen LogP contribution in [-0.4, -0.2) is 28.4 Å². The standard InChI is InChI=1S/C20H19ClN2O4S2/c21-19-11-5-4-7-17(19)15-28(24,25)23-14-20(16-8-6-12-22-13-16)29(26,27)18-9-2-1-3-10-18/h1-13,20,23H,14-15H2. The van der Waals surface area contributed by atoms with Crippen LogP contribution in [0.15, 0.2) is 84.0 Å². The minimum Gasteiger partial charge on any atom is -0.264 e. The van der Waals surface area contributed by atoms with Crippen LogP contribution in [0.1, 0.15) is 16.4 Å². The number of hydrogen-bond acceptors (Lipinski definition) is 5. The molecule has 6 nitrogen and oxygen atoms in total. The third-order valence-electron chi connectivity index (χ3n) is 4.29. The van der Waals surface area contributed by atoms with Gasteiger partial charge in [0.2, 0.25) is 10.0 Å². The number of rotatable bonds is 8. The highest BCUT2D eigenvalue weighted by Crippen LogP contribution is 2.28. The Labute approximate surface area is 175 Å². The first-order chi connectivity index (χ1) is 13.8. The molecule has 0 saturated carbocycles. The van der Waals surface area contributed by atoms with Gasteiger partial charge in [0.1, 0.15) is 5.25 Å². The lowest BCUT2D eigenvalue weighted by atomic mass is 10.2. The van der Waals surface area contributed by atoms with Crippen LogP contribution >= 0.6 is 11.6 Å². The maximum absolute atomic E-state index is 13.2. The molecule has 0 amide bonds. The van der Waals surface area contributed by atoms with E-state index in [1.165, 1.54) is 24.5 Å². The van der Waals surface area contributed by atoms with E-state index in [0.29, 0.717) is 16.1 Å². The molecule has 0 aliphatic rings. The molecule has 3 rings (SSSR count). The molecule has 9 heteroatoms. The van der Waals surface area contributed by atoms with E-state index < -0.39 is 25.1 Å². The van der Waals surface area contributed by atoms with Crippen LogP contribution in [0.25, 0.3) is 0 Å². The van der Waals surface area contributed by atoms with Crippen LogP contribution in [0.2, 0.25) is 5.02 Å². The Kier molecular flexibility index (Phi) is 6.69. The summed E-state index contributed by atoms with van der Waals surface area (Å²) in [6.45, 7) is -0.324. The highest BCUT2D eigenvalue weighted by molar-refractivity contribution is 7.92. The Morgan fingerprint density at radius 1 is 0.897 bits per heavy atom. The summed E-state index contributed by atoms with van der Waals surface area (Å²) in [5.74, 6) is -0.349. The fraction of sp³-hybridized carbons (Fsp3) is 0.150. The summed E-state index contributed by atoms with van der Waals surface area (Å²) in [7, 11) is -7.67. The smallest absolute Gasteiger partial charge is 0.215 e. The Hall–Kier alpha value is -2.26. The lowest BCUT2D eigenvalue weighted by Crippen LogP contribution is -2.32. The lowest BCUT2D eigenvalue weighted by molar-refractivity contribution is 0.568. The average molecular weight is 451 g/mol. The van der Waals surface area contributed by atoms with Gasteiger partial charge in [-0.1, -0.05) is 54.1 Å². The number of nitrogens with one attached hydrogen (secondary N) is 1. The quantitative estimate of drug-likeness (QED) is 0.568. The number of benzene rings is 2. The molecule has 1 heterocycles. The molecule has 0 saturated heterocycles. The first-order valence-electron chi connectivity index (χ1n) is 8.69. The minimum atomic E-state index is -3.85. The van der Waals surface area contributed by atoms with Crippen LogP contribution in [0.3, 0.4) is 0 Å². The highest BCUT2D eigenvalue weighted by atomic mass is 35.5. The Morgan fingerprint density at radius 2 is 1.59 bits per heavy atom. The molecule has 2 aromatic carbocycles. The molecule has 1 atom stereocenters. The molecule has 0 bridgehead atoms. The van der Waals surface area contributed by atoms with E-state index in [1.54, 1.807) is 54.6 Å². The molecule has 152 valence electrons. The van der Waals surface area contributed by atoms with Crippen molar-refractivity contribution in [3.8, 4) is 0 Å².